The third kappa shape index (κ3) is 3.36. The van der Waals surface area contributed by atoms with Gasteiger partial charge in [-0.1, -0.05) is 12.1 Å². The van der Waals surface area contributed by atoms with Gasteiger partial charge < -0.3 is 19.9 Å². The molecule has 1 aromatic heterocycles. The van der Waals surface area contributed by atoms with Crippen LogP contribution in [0.4, 0.5) is 0 Å². The highest BCUT2D eigenvalue weighted by atomic mass is 16.6. The van der Waals surface area contributed by atoms with Gasteiger partial charge in [0, 0.05) is 5.70 Å². The molecule has 0 bridgehead atoms. The molecule has 2 heterocycles. The first-order valence-corrected chi connectivity index (χ1v) is 8.90. The number of hydrogen-bond acceptors (Lipinski definition) is 9. The van der Waals surface area contributed by atoms with Gasteiger partial charge in [0.05, 0.1) is 42.6 Å². The summed E-state index contributed by atoms with van der Waals surface area (Å²) >= 11 is 0. The van der Waals surface area contributed by atoms with Crippen LogP contribution in [0.1, 0.15) is 32.3 Å². The highest BCUT2D eigenvalue weighted by Crippen LogP contribution is 2.41. The van der Waals surface area contributed by atoms with Gasteiger partial charge in [0.25, 0.3) is 0 Å². The van der Waals surface area contributed by atoms with Gasteiger partial charge in [-0.3, -0.25) is 0 Å². The molecule has 0 saturated carbocycles. The molecule has 1 aliphatic heterocycles. The van der Waals surface area contributed by atoms with Crippen LogP contribution in [-0.2, 0) is 19.1 Å². The highest BCUT2D eigenvalue weighted by Gasteiger charge is 2.40. The number of allylic oxidation sites excluding steroid dienone is 1. The Kier molecular flexibility index (Phi) is 5.74. The molecule has 2 aromatic rings. The van der Waals surface area contributed by atoms with Crippen molar-refractivity contribution in [3.8, 4) is 0 Å². The lowest BCUT2D eigenvalue weighted by atomic mass is 9.79. The Morgan fingerprint density at radius 1 is 1.14 bits per heavy atom. The first-order chi connectivity index (χ1) is 13.5. The topological polar surface area (TPSA) is 124 Å². The van der Waals surface area contributed by atoms with E-state index >= 15 is 0 Å². The summed E-state index contributed by atoms with van der Waals surface area (Å²) in [7, 11) is 0. The van der Waals surface area contributed by atoms with Crippen molar-refractivity contribution in [2.24, 2.45) is 0 Å². The number of nitrogens with zero attached hydrogens (tertiary/aromatic N) is 2. The van der Waals surface area contributed by atoms with E-state index in [9.17, 15) is 14.7 Å². The minimum absolute atomic E-state index is 0.119. The van der Waals surface area contributed by atoms with E-state index in [1.165, 1.54) is 0 Å². The predicted octanol–water partition coefficient (Wildman–Crippen LogP) is 1.56. The number of dihydropyridines is 1. The number of nitrogens with one attached hydrogen (secondary N) is 1. The SMILES string of the molecule is CCOC(=O)C1=C(C)NC(CO)=C(C(=O)OCC)C1c1cccc2nonc12. The van der Waals surface area contributed by atoms with Gasteiger partial charge in [0.2, 0.25) is 0 Å². The van der Waals surface area contributed by atoms with E-state index in [0.717, 1.165) is 0 Å². The normalized spacial score (nSPS) is 16.9. The monoisotopic (exact) mass is 387 g/mol. The number of esters is 2. The van der Waals surface area contributed by atoms with Gasteiger partial charge in [0.1, 0.15) is 11.0 Å². The smallest absolute Gasteiger partial charge is 0.336 e. The number of aliphatic hydroxyl groups excluding tert-OH is 1. The molecule has 9 nitrogen and oxygen atoms in total. The van der Waals surface area contributed by atoms with Gasteiger partial charge in [-0.05, 0) is 42.7 Å². The van der Waals surface area contributed by atoms with Gasteiger partial charge in [-0.2, -0.15) is 0 Å². The van der Waals surface area contributed by atoms with E-state index in [0.29, 0.717) is 22.3 Å². The number of hydrogen-bond donors (Lipinski definition) is 2. The van der Waals surface area contributed by atoms with Crippen molar-refractivity contribution in [3.05, 3.63) is 46.3 Å². The number of fused-ring (bicyclic) bond motifs is 1. The standard InChI is InChI=1S/C19H21N3O6/c1-4-26-18(24)14-10(3)20-13(9-23)16(19(25)27-5-2)15(14)11-7-6-8-12-17(11)22-28-21-12/h6-8,15,20,23H,4-5,9H2,1-3H3. The van der Waals surface area contributed by atoms with Crippen molar-refractivity contribution < 1.29 is 28.8 Å². The van der Waals surface area contributed by atoms with E-state index in [-0.39, 0.29) is 30.1 Å². The molecular formula is C19H21N3O6. The Hall–Kier alpha value is -3.20. The van der Waals surface area contributed by atoms with Crippen LogP contribution >= 0.6 is 0 Å². The van der Waals surface area contributed by atoms with Crippen LogP contribution in [0, 0.1) is 0 Å². The highest BCUT2D eigenvalue weighted by molar-refractivity contribution is 6.01. The summed E-state index contributed by atoms with van der Waals surface area (Å²) in [4.78, 5) is 25.6. The minimum atomic E-state index is -0.864. The Morgan fingerprint density at radius 2 is 1.82 bits per heavy atom. The third-order valence-corrected chi connectivity index (χ3v) is 4.42. The lowest BCUT2D eigenvalue weighted by molar-refractivity contribution is -0.139. The maximum absolute atomic E-state index is 12.8. The number of carbonyl (C=O) groups excluding carboxylic acids is 2. The molecule has 9 heteroatoms. The second-order valence-electron chi connectivity index (χ2n) is 6.07. The Labute approximate surface area is 161 Å². The number of carbonyl (C=O) groups is 2. The molecule has 148 valence electrons. The molecule has 0 radical (unpaired) electrons. The third-order valence-electron chi connectivity index (χ3n) is 4.42. The summed E-state index contributed by atoms with van der Waals surface area (Å²) in [5.41, 5.74) is 2.48. The van der Waals surface area contributed by atoms with Crippen molar-refractivity contribution >= 4 is 23.0 Å². The molecule has 1 aromatic carbocycles. The first-order valence-electron chi connectivity index (χ1n) is 8.90. The molecule has 0 spiro atoms. The molecule has 28 heavy (non-hydrogen) atoms. The van der Waals surface area contributed by atoms with Crippen molar-refractivity contribution in [3.63, 3.8) is 0 Å². The molecule has 0 amide bonds. The van der Waals surface area contributed by atoms with Gasteiger partial charge in [-0.15, -0.1) is 0 Å². The summed E-state index contributed by atoms with van der Waals surface area (Å²) in [6.45, 7) is 4.92. The number of benzene rings is 1. The molecule has 0 fully saturated rings. The summed E-state index contributed by atoms with van der Waals surface area (Å²) in [5.74, 6) is -2.09. The summed E-state index contributed by atoms with van der Waals surface area (Å²) in [6.07, 6.45) is 0. The van der Waals surface area contributed by atoms with E-state index in [1.807, 2.05) is 0 Å². The minimum Gasteiger partial charge on any atom is -0.463 e. The van der Waals surface area contributed by atoms with Crippen LogP contribution in [0.2, 0.25) is 0 Å². The van der Waals surface area contributed by atoms with E-state index in [2.05, 4.69) is 15.6 Å². The van der Waals surface area contributed by atoms with Crippen molar-refractivity contribution in [2.45, 2.75) is 26.7 Å². The quantitative estimate of drug-likeness (QED) is 0.711. The molecule has 3 rings (SSSR count). The molecular weight excluding hydrogens is 366 g/mol. The fraction of sp³-hybridized carbons (Fsp3) is 0.368. The molecule has 0 aliphatic carbocycles. The van der Waals surface area contributed by atoms with Crippen molar-refractivity contribution in [1.29, 1.82) is 0 Å². The van der Waals surface area contributed by atoms with Gasteiger partial charge in [0.15, 0.2) is 0 Å². The Balaban J connectivity index is 2.28. The molecule has 1 unspecified atom stereocenters. The molecule has 2 N–H and O–H groups in total. The van der Waals surface area contributed by atoms with Gasteiger partial charge >= 0.3 is 11.9 Å². The van der Waals surface area contributed by atoms with Crippen molar-refractivity contribution in [2.75, 3.05) is 19.8 Å². The second-order valence-corrected chi connectivity index (χ2v) is 6.07. The van der Waals surface area contributed by atoms with Crippen LogP contribution in [0.25, 0.3) is 11.0 Å². The molecule has 0 saturated heterocycles. The van der Waals surface area contributed by atoms with E-state index < -0.39 is 24.5 Å². The maximum Gasteiger partial charge on any atom is 0.336 e. The number of ether oxygens (including phenoxy) is 2. The van der Waals surface area contributed by atoms with Gasteiger partial charge in [-0.25, -0.2) is 14.2 Å². The Bertz CT molecular complexity index is 975. The van der Waals surface area contributed by atoms with Crippen molar-refractivity contribution in [1.82, 2.24) is 15.6 Å². The largest absolute Gasteiger partial charge is 0.463 e. The summed E-state index contributed by atoms with van der Waals surface area (Å²) in [6, 6.07) is 5.16. The van der Waals surface area contributed by atoms with Crippen LogP contribution in [0.15, 0.2) is 45.4 Å². The zero-order valence-electron chi connectivity index (χ0n) is 15.8. The summed E-state index contributed by atoms with van der Waals surface area (Å²) in [5, 5.41) is 20.5. The first kappa shape index (κ1) is 19.6. The maximum atomic E-state index is 12.8. The molecule has 1 aliphatic rings. The average molecular weight is 387 g/mol. The number of rotatable bonds is 6. The summed E-state index contributed by atoms with van der Waals surface area (Å²) < 4.78 is 15.3. The van der Waals surface area contributed by atoms with Crippen LogP contribution < -0.4 is 5.32 Å². The lowest BCUT2D eigenvalue weighted by Gasteiger charge is -2.30. The molecule has 1 atom stereocenters. The zero-order valence-corrected chi connectivity index (χ0v) is 15.8. The van der Waals surface area contributed by atoms with Crippen LogP contribution in [0.5, 0.6) is 0 Å². The lowest BCUT2D eigenvalue weighted by Crippen LogP contribution is -2.34. The average Bonchev–Trinajstić information content (AvgIpc) is 3.16. The van der Waals surface area contributed by atoms with E-state index in [4.69, 9.17) is 14.1 Å². The fourth-order valence-electron chi connectivity index (χ4n) is 3.32. The number of aliphatic hydroxyl groups is 1. The zero-order chi connectivity index (χ0) is 20.3. The van der Waals surface area contributed by atoms with E-state index in [1.54, 1.807) is 39.0 Å². The second kappa shape index (κ2) is 8.22. The Morgan fingerprint density at radius 3 is 2.46 bits per heavy atom. The predicted molar refractivity (Wildman–Crippen MR) is 97.8 cm³/mol. The van der Waals surface area contributed by atoms with Crippen LogP contribution in [0.3, 0.4) is 0 Å². The fourth-order valence-corrected chi connectivity index (χ4v) is 3.32. The van der Waals surface area contributed by atoms with Crippen LogP contribution in [-0.4, -0.2) is 47.2 Å². The number of aromatic nitrogens is 2.